The zero-order chi connectivity index (χ0) is 6.83. The summed E-state index contributed by atoms with van der Waals surface area (Å²) in [4.78, 5) is 0. The first kappa shape index (κ1) is 22.9. The van der Waals surface area contributed by atoms with E-state index in [1.165, 1.54) is 0 Å². The molecule has 0 aliphatic heterocycles. The van der Waals surface area contributed by atoms with Gasteiger partial charge in [-0.2, -0.15) is 0 Å². The zero-order valence-corrected chi connectivity index (χ0v) is 6.00. The van der Waals surface area contributed by atoms with Crippen LogP contribution in [0, 0.1) is 23.7 Å². The normalized spacial score (nSPS) is 2.80. The van der Waals surface area contributed by atoms with Crippen molar-refractivity contribution in [2.24, 2.45) is 0 Å². The van der Waals surface area contributed by atoms with Gasteiger partial charge in [0.05, 0.1) is 0 Å². The highest BCUT2D eigenvalue weighted by Crippen LogP contribution is 1.39. The van der Waals surface area contributed by atoms with Crippen molar-refractivity contribution >= 4 is 0 Å². The average Bonchev–Trinajstić information content (AvgIpc) is 1.88. The van der Waals surface area contributed by atoms with E-state index in [9.17, 15) is 0 Å². The second-order valence-corrected chi connectivity index (χ2v) is 1.00. The second-order valence-electron chi connectivity index (χ2n) is 1.00. The van der Waals surface area contributed by atoms with E-state index in [0.717, 1.165) is 0 Å². The molecule has 10 heavy (non-hydrogen) atoms. The van der Waals surface area contributed by atoms with E-state index >= 15 is 0 Å². The molecule has 0 fully saturated rings. The van der Waals surface area contributed by atoms with Gasteiger partial charge in [-0.1, -0.05) is 14.9 Å². The lowest BCUT2D eigenvalue weighted by atomic mass is 10.7. The van der Waals surface area contributed by atoms with Crippen LogP contribution < -0.4 is 0 Å². The molecule has 0 bridgehead atoms. The van der Waals surface area contributed by atoms with Crippen molar-refractivity contribution in [3.05, 3.63) is 0 Å². The van der Waals surface area contributed by atoms with Crippen LogP contribution in [-0.2, 0) is 0 Å². The van der Waals surface area contributed by atoms with Gasteiger partial charge in [-0.25, -0.2) is 0 Å². The third-order valence-electron chi connectivity index (χ3n) is 0.500. The summed E-state index contributed by atoms with van der Waals surface area (Å²) in [7, 11) is 0. The molecule has 0 saturated carbocycles. The maximum Gasteiger partial charge on any atom is -0.00271 e. The predicted octanol–water partition coefficient (Wildman–Crippen LogP) is 3.33. The monoisotopic (exact) mass is 140 g/mol. The Morgan fingerprint density at radius 1 is 0.500 bits per heavy atom. The van der Waals surface area contributed by atoms with Gasteiger partial charge in [-0.3, -0.25) is 0 Å². The van der Waals surface area contributed by atoms with Crippen LogP contribution in [0.5, 0.6) is 0 Å². The van der Waals surface area contributed by atoms with Crippen molar-refractivity contribution in [2.45, 2.75) is 42.5 Å². The van der Waals surface area contributed by atoms with Crippen molar-refractivity contribution in [1.29, 1.82) is 0 Å². The Morgan fingerprint density at radius 2 is 0.600 bits per heavy atom. The van der Waals surface area contributed by atoms with Crippen LogP contribution >= 0.6 is 0 Å². The van der Waals surface area contributed by atoms with Crippen LogP contribution in [0.2, 0.25) is 0 Å². The summed E-state index contributed by atoms with van der Waals surface area (Å²) in [5, 5.41) is 0. The fourth-order valence-corrected chi connectivity index (χ4v) is 0. The average molecular weight is 140 g/mol. The fraction of sp³-hybridized carbons (Fsp3) is 0.600. The molecule has 0 aromatic carbocycles. The highest BCUT2D eigenvalue weighted by Gasteiger charge is 1.27. The Balaban J connectivity index is -0.0000000300. The lowest BCUT2D eigenvalue weighted by molar-refractivity contribution is 1.83. The molecule has 0 aliphatic carbocycles. The van der Waals surface area contributed by atoms with Crippen LogP contribution in [0.1, 0.15) is 42.5 Å². The van der Waals surface area contributed by atoms with Gasteiger partial charge < -0.3 is 0 Å². The first-order valence-electron chi connectivity index (χ1n) is 2.50. The lowest BCUT2D eigenvalue weighted by Gasteiger charge is -1.40. The van der Waals surface area contributed by atoms with Crippen molar-refractivity contribution in [3.8, 4) is 23.7 Å². The number of hydrogen-bond acceptors (Lipinski definition) is 0. The maximum absolute atomic E-state index is 2.68. The molecule has 0 heteroatoms. The Kier molecular flexibility index (Phi) is 97.0. The highest BCUT2D eigenvalue weighted by atomic mass is 13.3. The van der Waals surface area contributed by atoms with Gasteiger partial charge >= 0.3 is 0 Å². The molecule has 0 aromatic heterocycles. The molecule has 0 spiro atoms. The van der Waals surface area contributed by atoms with Gasteiger partial charge in [0.2, 0.25) is 0 Å². The lowest BCUT2D eigenvalue weighted by Crippen LogP contribution is -1.28. The first-order valence-corrected chi connectivity index (χ1v) is 2.50. The van der Waals surface area contributed by atoms with E-state index in [1.54, 1.807) is 0 Å². The molecule has 0 radical (unpaired) electrons. The molecular weight excluding hydrogens is 120 g/mol. The Bertz CT molecular complexity index is 91.6. The van der Waals surface area contributed by atoms with E-state index in [0.29, 0.717) is 0 Å². The van der Waals surface area contributed by atoms with Gasteiger partial charge in [-0.15, -0.1) is 23.7 Å². The summed E-state index contributed by atoms with van der Waals surface area (Å²) in [5.74, 6) is 10.7. The summed E-state index contributed by atoms with van der Waals surface area (Å²) in [6.45, 7) is 7.28. The third-order valence-corrected chi connectivity index (χ3v) is 0.500. The molecule has 0 aromatic rings. The Labute approximate surface area is 67.0 Å². The molecular formula is C10H20. The van der Waals surface area contributed by atoms with Crippen LogP contribution in [0.15, 0.2) is 0 Å². The maximum atomic E-state index is 2.68. The third kappa shape index (κ3) is 213. The highest BCUT2D eigenvalue weighted by molar-refractivity contribution is 4.89. The largest absolute Gasteiger partial charge is 0.107 e. The van der Waals surface area contributed by atoms with E-state index in [-0.39, 0.29) is 14.9 Å². The minimum atomic E-state index is 0. The van der Waals surface area contributed by atoms with Crippen molar-refractivity contribution in [3.63, 3.8) is 0 Å². The quantitative estimate of drug-likeness (QED) is 0.453. The van der Waals surface area contributed by atoms with Gasteiger partial charge in [0.25, 0.3) is 0 Å². The molecule has 0 saturated heterocycles. The second kappa shape index (κ2) is 42.3. The van der Waals surface area contributed by atoms with Crippen molar-refractivity contribution in [1.82, 2.24) is 0 Å². The molecule has 0 unspecified atom stereocenters. The van der Waals surface area contributed by atoms with Crippen LogP contribution in [0.4, 0.5) is 0 Å². The van der Waals surface area contributed by atoms with Gasteiger partial charge in [0, 0.05) is 0 Å². The molecule has 0 amide bonds. The Morgan fingerprint density at radius 3 is 0.600 bits per heavy atom. The standard InChI is InChI=1S/2C4H6.2CH4/c2*1-3-4-2;;/h2*1-2H3;2*1H4. The summed E-state index contributed by atoms with van der Waals surface area (Å²) >= 11 is 0. The van der Waals surface area contributed by atoms with Crippen LogP contribution in [0.25, 0.3) is 0 Å². The van der Waals surface area contributed by atoms with E-state index in [2.05, 4.69) is 23.7 Å². The molecule has 0 aliphatic rings. The van der Waals surface area contributed by atoms with Crippen LogP contribution in [0.3, 0.4) is 0 Å². The molecule has 0 nitrogen and oxygen atoms in total. The predicted molar refractivity (Wildman–Crippen MR) is 51.7 cm³/mol. The molecule has 0 rings (SSSR count). The van der Waals surface area contributed by atoms with E-state index in [4.69, 9.17) is 0 Å². The van der Waals surface area contributed by atoms with Gasteiger partial charge in [0.1, 0.15) is 0 Å². The zero-order valence-electron chi connectivity index (χ0n) is 6.00. The summed E-state index contributed by atoms with van der Waals surface area (Å²) in [5.41, 5.74) is 0. The molecule has 0 N–H and O–H groups in total. The molecule has 0 heterocycles. The smallest absolute Gasteiger partial charge is 0.00271 e. The van der Waals surface area contributed by atoms with Gasteiger partial charge in [-0.05, 0) is 27.7 Å². The minimum Gasteiger partial charge on any atom is -0.107 e. The minimum absolute atomic E-state index is 0. The topological polar surface area (TPSA) is 0 Å². The van der Waals surface area contributed by atoms with Crippen molar-refractivity contribution < 1.29 is 0 Å². The SMILES string of the molecule is C.C.CC#CC.CC#CC. The van der Waals surface area contributed by atoms with Gasteiger partial charge in [0.15, 0.2) is 0 Å². The van der Waals surface area contributed by atoms with E-state index < -0.39 is 0 Å². The first-order chi connectivity index (χ1) is 3.83. The summed E-state index contributed by atoms with van der Waals surface area (Å²) in [6, 6.07) is 0. The summed E-state index contributed by atoms with van der Waals surface area (Å²) < 4.78 is 0. The Hall–Kier alpha value is -0.880. The van der Waals surface area contributed by atoms with Crippen molar-refractivity contribution in [2.75, 3.05) is 0 Å². The van der Waals surface area contributed by atoms with Crippen LogP contribution in [-0.4, -0.2) is 0 Å². The summed E-state index contributed by atoms with van der Waals surface area (Å²) in [6.07, 6.45) is 0. The number of hydrogen-bond donors (Lipinski definition) is 0. The van der Waals surface area contributed by atoms with E-state index in [1.807, 2.05) is 27.7 Å². The number of rotatable bonds is 0. The molecule has 0 atom stereocenters. The molecule has 60 valence electrons. The fourth-order valence-electron chi connectivity index (χ4n) is 0.